The summed E-state index contributed by atoms with van der Waals surface area (Å²) in [6, 6.07) is 2.66. The van der Waals surface area contributed by atoms with Crippen LogP contribution in [0.1, 0.15) is 43.5 Å². The molecule has 0 spiro atoms. The van der Waals surface area contributed by atoms with Gasteiger partial charge in [0.15, 0.2) is 5.78 Å². The van der Waals surface area contributed by atoms with Gasteiger partial charge >= 0.3 is 0 Å². The number of carbonyl (C=O) groups excluding carboxylic acids is 1. The Kier molecular flexibility index (Phi) is 6.09. The molecule has 0 amide bonds. The molecule has 0 N–H and O–H groups in total. The van der Waals surface area contributed by atoms with Crippen LogP contribution in [0.15, 0.2) is 18.2 Å². The zero-order chi connectivity index (χ0) is 14.4. The fourth-order valence-corrected chi connectivity index (χ4v) is 1.92. The first-order valence-electron chi connectivity index (χ1n) is 6.66. The van der Waals surface area contributed by atoms with Crippen molar-refractivity contribution in [3.8, 4) is 0 Å². The minimum Gasteiger partial charge on any atom is -0.297 e. The summed E-state index contributed by atoms with van der Waals surface area (Å²) in [5, 5.41) is 0. The van der Waals surface area contributed by atoms with Crippen LogP contribution in [-0.4, -0.2) is 30.3 Å². The molecule has 0 aliphatic rings. The summed E-state index contributed by atoms with van der Waals surface area (Å²) in [5.41, 5.74) is -0.0451. The SMILES string of the molecule is CCCCCN(C)C(C)C(=O)c1ccc(F)cc1F. The van der Waals surface area contributed by atoms with Gasteiger partial charge in [-0.2, -0.15) is 0 Å². The smallest absolute Gasteiger partial charge is 0.182 e. The summed E-state index contributed by atoms with van der Waals surface area (Å²) in [5.74, 6) is -1.77. The Balaban J connectivity index is 2.70. The Bertz CT molecular complexity index is 434. The molecule has 4 heteroatoms. The number of nitrogens with zero attached hydrogens (tertiary/aromatic N) is 1. The quantitative estimate of drug-likeness (QED) is 0.556. The maximum atomic E-state index is 13.6. The third kappa shape index (κ3) is 4.39. The van der Waals surface area contributed by atoms with Gasteiger partial charge in [0, 0.05) is 6.07 Å². The molecule has 0 bridgehead atoms. The molecule has 0 saturated heterocycles. The highest BCUT2D eigenvalue weighted by Crippen LogP contribution is 2.14. The fraction of sp³-hybridized carbons (Fsp3) is 0.533. The van der Waals surface area contributed by atoms with Crippen molar-refractivity contribution in [1.29, 1.82) is 0 Å². The predicted molar refractivity (Wildman–Crippen MR) is 72.3 cm³/mol. The van der Waals surface area contributed by atoms with E-state index in [1.165, 1.54) is 6.07 Å². The van der Waals surface area contributed by atoms with E-state index in [4.69, 9.17) is 0 Å². The van der Waals surface area contributed by atoms with Crippen molar-refractivity contribution in [2.45, 2.75) is 39.2 Å². The first-order valence-corrected chi connectivity index (χ1v) is 6.66. The van der Waals surface area contributed by atoms with Crippen LogP contribution < -0.4 is 0 Å². The van der Waals surface area contributed by atoms with Gasteiger partial charge in [0.1, 0.15) is 11.6 Å². The molecule has 0 aliphatic heterocycles. The molecular weight excluding hydrogens is 248 g/mol. The number of carbonyl (C=O) groups is 1. The highest BCUT2D eigenvalue weighted by Gasteiger charge is 2.22. The summed E-state index contributed by atoms with van der Waals surface area (Å²) in [7, 11) is 1.85. The second-order valence-corrected chi connectivity index (χ2v) is 4.85. The van der Waals surface area contributed by atoms with Crippen molar-refractivity contribution in [2.75, 3.05) is 13.6 Å². The van der Waals surface area contributed by atoms with Crippen LogP contribution in [0, 0.1) is 11.6 Å². The van der Waals surface area contributed by atoms with Gasteiger partial charge in [0.05, 0.1) is 11.6 Å². The molecule has 0 heterocycles. The number of Topliss-reactive ketones (excluding diaryl/α,β-unsaturated/α-hetero) is 1. The maximum Gasteiger partial charge on any atom is 0.182 e. The van der Waals surface area contributed by atoms with E-state index in [1.807, 2.05) is 11.9 Å². The Morgan fingerprint density at radius 2 is 2.00 bits per heavy atom. The molecule has 1 unspecified atom stereocenters. The summed E-state index contributed by atoms with van der Waals surface area (Å²) in [6.45, 7) is 4.66. The molecule has 19 heavy (non-hydrogen) atoms. The molecule has 0 radical (unpaired) electrons. The molecule has 1 aromatic rings. The van der Waals surface area contributed by atoms with Crippen molar-refractivity contribution < 1.29 is 13.6 Å². The average Bonchev–Trinajstić information content (AvgIpc) is 2.37. The van der Waals surface area contributed by atoms with Crippen LogP contribution >= 0.6 is 0 Å². The van der Waals surface area contributed by atoms with Crippen LogP contribution in [0.2, 0.25) is 0 Å². The van der Waals surface area contributed by atoms with E-state index < -0.39 is 17.7 Å². The molecule has 1 aromatic carbocycles. The molecule has 2 nitrogen and oxygen atoms in total. The monoisotopic (exact) mass is 269 g/mol. The lowest BCUT2D eigenvalue weighted by Crippen LogP contribution is -2.37. The Hall–Kier alpha value is -1.29. The van der Waals surface area contributed by atoms with Crippen molar-refractivity contribution >= 4 is 5.78 Å². The standard InChI is InChI=1S/C15H21F2NO/c1-4-5-6-9-18(3)11(2)15(19)13-8-7-12(16)10-14(13)17/h7-8,10-11H,4-6,9H2,1-3H3. The highest BCUT2D eigenvalue weighted by atomic mass is 19.1. The number of rotatable bonds is 7. The fourth-order valence-electron chi connectivity index (χ4n) is 1.92. The summed E-state index contributed by atoms with van der Waals surface area (Å²) in [6.07, 6.45) is 3.23. The topological polar surface area (TPSA) is 20.3 Å². The third-order valence-electron chi connectivity index (χ3n) is 3.35. The van der Waals surface area contributed by atoms with Gasteiger partial charge in [-0.25, -0.2) is 8.78 Å². The van der Waals surface area contributed by atoms with Gasteiger partial charge in [-0.15, -0.1) is 0 Å². The Morgan fingerprint density at radius 1 is 1.32 bits per heavy atom. The second kappa shape index (κ2) is 7.34. The molecule has 106 valence electrons. The first-order chi connectivity index (χ1) is 8.97. The number of unbranched alkanes of at least 4 members (excludes halogenated alkanes) is 2. The molecule has 0 aromatic heterocycles. The maximum absolute atomic E-state index is 13.6. The summed E-state index contributed by atoms with van der Waals surface area (Å²) in [4.78, 5) is 14.1. The number of likely N-dealkylation sites (N-methyl/N-ethyl adjacent to an activating group) is 1. The second-order valence-electron chi connectivity index (χ2n) is 4.85. The average molecular weight is 269 g/mol. The summed E-state index contributed by atoms with van der Waals surface area (Å²) < 4.78 is 26.4. The van der Waals surface area contributed by atoms with Crippen molar-refractivity contribution in [3.05, 3.63) is 35.4 Å². The van der Waals surface area contributed by atoms with Gasteiger partial charge < -0.3 is 0 Å². The van der Waals surface area contributed by atoms with Gasteiger partial charge in [-0.05, 0) is 39.1 Å². The normalized spacial score (nSPS) is 12.7. The minimum absolute atomic E-state index is 0.0451. The molecule has 1 atom stereocenters. The zero-order valence-corrected chi connectivity index (χ0v) is 11.7. The Morgan fingerprint density at radius 3 is 2.58 bits per heavy atom. The largest absolute Gasteiger partial charge is 0.297 e. The van der Waals surface area contributed by atoms with Gasteiger partial charge in [0.2, 0.25) is 0 Å². The molecule has 0 aliphatic carbocycles. The van der Waals surface area contributed by atoms with E-state index in [0.717, 1.165) is 37.9 Å². The lowest BCUT2D eigenvalue weighted by Gasteiger charge is -2.23. The van der Waals surface area contributed by atoms with Crippen LogP contribution in [0.5, 0.6) is 0 Å². The number of halogens is 2. The first kappa shape index (κ1) is 15.8. The van der Waals surface area contributed by atoms with Gasteiger partial charge in [-0.1, -0.05) is 19.8 Å². The van der Waals surface area contributed by atoms with Crippen molar-refractivity contribution in [1.82, 2.24) is 4.90 Å². The van der Waals surface area contributed by atoms with E-state index in [0.29, 0.717) is 0 Å². The van der Waals surface area contributed by atoms with Crippen LogP contribution in [0.3, 0.4) is 0 Å². The zero-order valence-electron chi connectivity index (χ0n) is 11.7. The number of benzene rings is 1. The number of hydrogen-bond acceptors (Lipinski definition) is 2. The van der Waals surface area contributed by atoms with Crippen LogP contribution in [-0.2, 0) is 0 Å². The van der Waals surface area contributed by atoms with E-state index in [1.54, 1.807) is 6.92 Å². The van der Waals surface area contributed by atoms with Crippen LogP contribution in [0.4, 0.5) is 8.78 Å². The van der Waals surface area contributed by atoms with Gasteiger partial charge in [-0.3, -0.25) is 9.69 Å². The van der Waals surface area contributed by atoms with Crippen LogP contribution in [0.25, 0.3) is 0 Å². The lowest BCUT2D eigenvalue weighted by atomic mass is 10.0. The minimum atomic E-state index is -0.793. The van der Waals surface area contributed by atoms with E-state index in [9.17, 15) is 13.6 Å². The van der Waals surface area contributed by atoms with E-state index in [2.05, 4.69) is 6.92 Å². The Labute approximate surface area is 113 Å². The van der Waals surface area contributed by atoms with E-state index in [-0.39, 0.29) is 11.3 Å². The number of ketones is 1. The predicted octanol–water partition coefficient (Wildman–Crippen LogP) is 3.66. The van der Waals surface area contributed by atoms with Gasteiger partial charge in [0.25, 0.3) is 0 Å². The van der Waals surface area contributed by atoms with E-state index >= 15 is 0 Å². The molecule has 1 rings (SSSR count). The molecule has 0 saturated carbocycles. The van der Waals surface area contributed by atoms with Crippen molar-refractivity contribution in [3.63, 3.8) is 0 Å². The lowest BCUT2D eigenvalue weighted by molar-refractivity contribution is 0.0863. The number of hydrogen-bond donors (Lipinski definition) is 0. The third-order valence-corrected chi connectivity index (χ3v) is 3.35. The van der Waals surface area contributed by atoms with Crippen molar-refractivity contribution in [2.24, 2.45) is 0 Å². The molecular formula is C15H21F2NO. The summed E-state index contributed by atoms with van der Waals surface area (Å²) >= 11 is 0. The highest BCUT2D eigenvalue weighted by molar-refractivity contribution is 6.00. The molecule has 0 fully saturated rings.